The average Bonchev–Trinajstić information content (AvgIpc) is 3.02. The van der Waals surface area contributed by atoms with Crippen molar-refractivity contribution < 1.29 is 9.53 Å². The minimum absolute atomic E-state index is 0.0849. The SMILES string of the molecule is CCn1c(SCC(=O)N2C[C@@H](C)O[C@@H](C)C2)nnc1-c1ccccc1. The Balaban J connectivity index is 1.67. The van der Waals surface area contributed by atoms with Crippen molar-refractivity contribution in [1.82, 2.24) is 19.7 Å². The van der Waals surface area contributed by atoms with Crippen molar-refractivity contribution in [3.8, 4) is 11.4 Å². The molecule has 1 aliphatic rings. The van der Waals surface area contributed by atoms with Gasteiger partial charge >= 0.3 is 0 Å². The smallest absolute Gasteiger partial charge is 0.233 e. The first-order chi connectivity index (χ1) is 12.1. The van der Waals surface area contributed by atoms with Gasteiger partial charge < -0.3 is 14.2 Å². The zero-order chi connectivity index (χ0) is 17.8. The van der Waals surface area contributed by atoms with Crippen LogP contribution in [-0.2, 0) is 16.1 Å². The summed E-state index contributed by atoms with van der Waals surface area (Å²) in [7, 11) is 0. The highest BCUT2D eigenvalue weighted by atomic mass is 32.2. The molecule has 1 fully saturated rings. The number of thioether (sulfide) groups is 1. The number of ether oxygens (including phenoxy) is 1. The van der Waals surface area contributed by atoms with Crippen molar-refractivity contribution in [2.75, 3.05) is 18.8 Å². The summed E-state index contributed by atoms with van der Waals surface area (Å²) in [5.74, 6) is 1.33. The Morgan fingerprint density at radius 3 is 2.52 bits per heavy atom. The van der Waals surface area contributed by atoms with Gasteiger partial charge in [-0.15, -0.1) is 10.2 Å². The molecule has 7 heteroatoms. The number of nitrogens with zero attached hydrogens (tertiary/aromatic N) is 4. The molecule has 0 bridgehead atoms. The second kappa shape index (κ2) is 8.01. The Bertz CT molecular complexity index is 709. The number of carbonyl (C=O) groups is 1. The second-order valence-corrected chi connectivity index (χ2v) is 7.20. The summed E-state index contributed by atoms with van der Waals surface area (Å²) in [6.45, 7) is 8.14. The van der Waals surface area contributed by atoms with E-state index in [0.717, 1.165) is 23.1 Å². The van der Waals surface area contributed by atoms with Crippen molar-refractivity contribution in [2.24, 2.45) is 0 Å². The van der Waals surface area contributed by atoms with Gasteiger partial charge in [0.15, 0.2) is 11.0 Å². The topological polar surface area (TPSA) is 60.2 Å². The van der Waals surface area contributed by atoms with E-state index >= 15 is 0 Å². The molecule has 0 aliphatic carbocycles. The molecule has 2 aromatic rings. The zero-order valence-corrected chi connectivity index (χ0v) is 15.7. The van der Waals surface area contributed by atoms with Gasteiger partial charge in [0, 0.05) is 25.2 Å². The molecular formula is C18H24N4O2S. The van der Waals surface area contributed by atoms with Crippen LogP contribution in [-0.4, -0.2) is 56.6 Å². The first-order valence-corrected chi connectivity index (χ1v) is 9.61. The number of hydrogen-bond acceptors (Lipinski definition) is 5. The number of morpholine rings is 1. The molecule has 0 N–H and O–H groups in total. The third kappa shape index (κ3) is 4.22. The van der Waals surface area contributed by atoms with E-state index in [4.69, 9.17) is 4.74 Å². The van der Waals surface area contributed by atoms with Crippen molar-refractivity contribution in [1.29, 1.82) is 0 Å². The minimum Gasteiger partial charge on any atom is -0.372 e. The van der Waals surface area contributed by atoms with Gasteiger partial charge in [0.05, 0.1) is 18.0 Å². The molecule has 6 nitrogen and oxygen atoms in total. The Labute approximate surface area is 152 Å². The number of benzene rings is 1. The molecule has 2 heterocycles. The third-order valence-corrected chi connectivity index (χ3v) is 5.11. The van der Waals surface area contributed by atoms with E-state index < -0.39 is 0 Å². The molecule has 3 rings (SSSR count). The molecule has 2 atom stereocenters. The Morgan fingerprint density at radius 2 is 1.88 bits per heavy atom. The lowest BCUT2D eigenvalue weighted by Gasteiger charge is -2.35. The molecule has 0 radical (unpaired) electrons. The summed E-state index contributed by atoms with van der Waals surface area (Å²) in [5, 5.41) is 9.39. The quantitative estimate of drug-likeness (QED) is 0.767. The van der Waals surface area contributed by atoms with Crippen LogP contribution < -0.4 is 0 Å². The second-order valence-electron chi connectivity index (χ2n) is 6.26. The van der Waals surface area contributed by atoms with Crippen molar-refractivity contribution in [3.05, 3.63) is 30.3 Å². The molecule has 0 unspecified atom stereocenters. The predicted molar refractivity (Wildman–Crippen MR) is 98.4 cm³/mol. The lowest BCUT2D eigenvalue weighted by molar-refractivity contribution is -0.140. The normalized spacial score (nSPS) is 20.7. The highest BCUT2D eigenvalue weighted by Gasteiger charge is 2.26. The van der Waals surface area contributed by atoms with Gasteiger partial charge in [-0.05, 0) is 20.8 Å². The maximum atomic E-state index is 12.5. The van der Waals surface area contributed by atoms with E-state index in [9.17, 15) is 4.79 Å². The van der Waals surface area contributed by atoms with Crippen LogP contribution in [0.4, 0.5) is 0 Å². The molecule has 0 spiro atoms. The summed E-state index contributed by atoms with van der Waals surface area (Å²) < 4.78 is 7.74. The molecule has 25 heavy (non-hydrogen) atoms. The predicted octanol–water partition coefficient (Wildman–Crippen LogP) is 2.69. The number of rotatable bonds is 5. The lowest BCUT2D eigenvalue weighted by Crippen LogP contribution is -2.48. The van der Waals surface area contributed by atoms with Crippen LogP contribution in [0.3, 0.4) is 0 Å². The summed E-state index contributed by atoms with van der Waals surface area (Å²) in [6.07, 6.45) is 0.170. The minimum atomic E-state index is 0.0849. The molecule has 1 saturated heterocycles. The first kappa shape index (κ1) is 17.9. The summed E-state index contributed by atoms with van der Waals surface area (Å²) in [5.41, 5.74) is 1.03. The first-order valence-electron chi connectivity index (χ1n) is 8.63. The van der Waals surface area contributed by atoms with Crippen LogP contribution in [0.1, 0.15) is 20.8 Å². The average molecular weight is 360 g/mol. The van der Waals surface area contributed by atoms with Gasteiger partial charge in [0.1, 0.15) is 0 Å². The summed E-state index contributed by atoms with van der Waals surface area (Å²) in [6, 6.07) is 10.00. The fourth-order valence-corrected chi connectivity index (χ4v) is 3.99. The number of amides is 1. The molecule has 1 aromatic heterocycles. The monoisotopic (exact) mass is 360 g/mol. The van der Waals surface area contributed by atoms with Crippen molar-refractivity contribution in [3.63, 3.8) is 0 Å². The van der Waals surface area contributed by atoms with Gasteiger partial charge in [-0.2, -0.15) is 0 Å². The van der Waals surface area contributed by atoms with E-state index in [2.05, 4.69) is 21.7 Å². The highest BCUT2D eigenvalue weighted by Crippen LogP contribution is 2.24. The maximum Gasteiger partial charge on any atom is 0.233 e. The molecule has 134 valence electrons. The zero-order valence-electron chi connectivity index (χ0n) is 14.9. The lowest BCUT2D eigenvalue weighted by atomic mass is 10.2. The maximum absolute atomic E-state index is 12.5. The fourth-order valence-electron chi connectivity index (χ4n) is 3.08. The largest absolute Gasteiger partial charge is 0.372 e. The van der Waals surface area contributed by atoms with Crippen molar-refractivity contribution >= 4 is 17.7 Å². The van der Waals surface area contributed by atoms with Crippen LogP contribution in [0, 0.1) is 0 Å². The Morgan fingerprint density at radius 1 is 1.20 bits per heavy atom. The van der Waals surface area contributed by atoms with Crippen LogP contribution >= 0.6 is 11.8 Å². The van der Waals surface area contributed by atoms with Gasteiger partial charge in [-0.3, -0.25) is 4.79 Å². The Kier molecular flexibility index (Phi) is 5.75. The molecule has 0 saturated carbocycles. The van der Waals surface area contributed by atoms with E-state index in [1.165, 1.54) is 11.8 Å². The Hall–Kier alpha value is -1.86. The van der Waals surface area contributed by atoms with Crippen molar-refractivity contribution in [2.45, 2.75) is 44.7 Å². The van der Waals surface area contributed by atoms with Gasteiger partial charge in [-0.25, -0.2) is 0 Å². The van der Waals surface area contributed by atoms with Gasteiger partial charge in [0.2, 0.25) is 5.91 Å². The molecule has 1 aromatic carbocycles. The third-order valence-electron chi connectivity index (χ3n) is 4.16. The van der Waals surface area contributed by atoms with E-state index in [1.54, 1.807) is 0 Å². The van der Waals surface area contributed by atoms with E-state index in [0.29, 0.717) is 18.8 Å². The molecule has 1 aliphatic heterocycles. The summed E-state index contributed by atoms with van der Waals surface area (Å²) in [4.78, 5) is 14.4. The molecular weight excluding hydrogens is 336 g/mol. The number of carbonyl (C=O) groups excluding carboxylic acids is 1. The highest BCUT2D eigenvalue weighted by molar-refractivity contribution is 7.99. The van der Waals surface area contributed by atoms with E-state index in [-0.39, 0.29) is 18.1 Å². The van der Waals surface area contributed by atoms with Gasteiger partial charge in [0.25, 0.3) is 0 Å². The number of hydrogen-bond donors (Lipinski definition) is 0. The van der Waals surface area contributed by atoms with Crippen LogP contribution in [0.5, 0.6) is 0 Å². The van der Waals surface area contributed by atoms with E-state index in [1.807, 2.05) is 49.1 Å². The standard InChI is InChI=1S/C18H24N4O2S/c1-4-22-17(15-8-6-5-7-9-15)19-20-18(22)25-12-16(23)21-10-13(2)24-14(3)11-21/h5-9,13-14H,4,10-12H2,1-3H3/t13-,14+. The summed E-state index contributed by atoms with van der Waals surface area (Å²) >= 11 is 1.45. The van der Waals surface area contributed by atoms with Gasteiger partial charge in [-0.1, -0.05) is 42.1 Å². The molecule has 1 amide bonds. The van der Waals surface area contributed by atoms with Crippen LogP contribution in [0.2, 0.25) is 0 Å². The fraction of sp³-hybridized carbons (Fsp3) is 0.500. The van der Waals surface area contributed by atoms with Crippen LogP contribution in [0.15, 0.2) is 35.5 Å². The van der Waals surface area contributed by atoms with Crippen LogP contribution in [0.25, 0.3) is 11.4 Å². The number of aromatic nitrogens is 3.